The quantitative estimate of drug-likeness (QED) is 0.560. The van der Waals surface area contributed by atoms with Gasteiger partial charge in [0.25, 0.3) is 10.1 Å². The van der Waals surface area contributed by atoms with Gasteiger partial charge in [-0.15, -0.1) is 0 Å². The Balaban J connectivity index is 2.36. The molecular weight excluding hydrogens is 288 g/mol. The van der Waals surface area contributed by atoms with Crippen LogP contribution >= 0.6 is 0 Å². The van der Waals surface area contributed by atoms with Gasteiger partial charge in [0.15, 0.2) is 0 Å². The number of rotatable bonds is 2. The second kappa shape index (κ2) is 4.83. The van der Waals surface area contributed by atoms with E-state index in [2.05, 4.69) is 4.98 Å². The minimum absolute atomic E-state index is 0.139. The van der Waals surface area contributed by atoms with E-state index in [9.17, 15) is 13.0 Å². The summed E-state index contributed by atoms with van der Waals surface area (Å²) in [6.07, 6.45) is 3.04. The molecule has 3 aromatic rings. The minimum atomic E-state index is -4.33. The highest BCUT2D eigenvalue weighted by Crippen LogP contribution is 2.30. The third-order valence-electron chi connectivity index (χ3n) is 3.21. The van der Waals surface area contributed by atoms with Crippen LogP contribution in [0.1, 0.15) is 0 Å². The first kappa shape index (κ1) is 13.5. The molecule has 0 aliphatic heterocycles. The normalized spacial score (nSPS) is 11.7. The van der Waals surface area contributed by atoms with Crippen molar-refractivity contribution in [2.75, 3.05) is 5.73 Å². The molecule has 5 nitrogen and oxygen atoms in total. The Kier molecular flexibility index (Phi) is 3.12. The number of fused-ring (bicyclic) bond motifs is 1. The number of anilines is 1. The van der Waals surface area contributed by atoms with Crippen LogP contribution in [0.2, 0.25) is 0 Å². The average Bonchev–Trinajstić information content (AvgIpc) is 2.45. The molecule has 0 fully saturated rings. The first-order valence-electron chi connectivity index (χ1n) is 6.16. The zero-order valence-electron chi connectivity index (χ0n) is 10.9. The Morgan fingerprint density at radius 1 is 1.05 bits per heavy atom. The van der Waals surface area contributed by atoms with E-state index >= 15 is 0 Å². The molecule has 21 heavy (non-hydrogen) atoms. The van der Waals surface area contributed by atoms with Gasteiger partial charge in [0.1, 0.15) is 4.90 Å². The zero-order chi connectivity index (χ0) is 15.0. The maximum absolute atomic E-state index is 11.6. The van der Waals surface area contributed by atoms with E-state index in [0.29, 0.717) is 22.0 Å². The molecule has 1 aromatic heterocycles. The van der Waals surface area contributed by atoms with Crippen LogP contribution in [0.3, 0.4) is 0 Å². The van der Waals surface area contributed by atoms with Gasteiger partial charge in [0.05, 0.1) is 0 Å². The molecule has 0 aliphatic rings. The fourth-order valence-corrected chi connectivity index (χ4v) is 3.01. The van der Waals surface area contributed by atoms with Crippen molar-refractivity contribution in [3.05, 3.63) is 54.9 Å². The van der Waals surface area contributed by atoms with E-state index in [1.54, 1.807) is 30.5 Å². The summed E-state index contributed by atoms with van der Waals surface area (Å²) in [5.41, 5.74) is 7.75. The van der Waals surface area contributed by atoms with Crippen LogP contribution in [0.25, 0.3) is 21.9 Å². The van der Waals surface area contributed by atoms with Crippen LogP contribution < -0.4 is 5.73 Å². The number of hydrogen-bond acceptors (Lipinski definition) is 4. The highest BCUT2D eigenvalue weighted by atomic mass is 32.2. The molecule has 106 valence electrons. The van der Waals surface area contributed by atoms with Crippen LogP contribution in [0, 0.1) is 0 Å². The van der Waals surface area contributed by atoms with Gasteiger partial charge in [-0.05, 0) is 41.5 Å². The Hall–Kier alpha value is -2.44. The second-order valence-corrected chi connectivity index (χ2v) is 6.06. The molecule has 0 unspecified atom stereocenters. The monoisotopic (exact) mass is 300 g/mol. The molecule has 3 N–H and O–H groups in total. The Labute approximate surface area is 121 Å². The molecule has 0 radical (unpaired) electrons. The molecule has 1 heterocycles. The number of pyridine rings is 1. The summed E-state index contributed by atoms with van der Waals surface area (Å²) in [5.74, 6) is 0. The molecular formula is C15H12N2O3S. The predicted octanol–water partition coefficient (Wildman–Crippen LogP) is 2.73. The third kappa shape index (κ3) is 2.58. The highest BCUT2D eigenvalue weighted by molar-refractivity contribution is 7.86. The summed E-state index contributed by atoms with van der Waals surface area (Å²) in [5, 5.41) is 1.06. The van der Waals surface area contributed by atoms with Crippen molar-refractivity contribution >= 4 is 26.6 Å². The van der Waals surface area contributed by atoms with E-state index in [1.165, 1.54) is 12.3 Å². The van der Waals surface area contributed by atoms with Crippen LogP contribution in [0.4, 0.5) is 5.69 Å². The van der Waals surface area contributed by atoms with Gasteiger partial charge in [-0.25, -0.2) is 0 Å². The molecule has 0 amide bonds. The van der Waals surface area contributed by atoms with Gasteiger partial charge in [-0.1, -0.05) is 12.1 Å². The van der Waals surface area contributed by atoms with Crippen LogP contribution in [-0.4, -0.2) is 18.0 Å². The van der Waals surface area contributed by atoms with E-state index in [0.717, 1.165) is 5.56 Å². The summed E-state index contributed by atoms with van der Waals surface area (Å²) < 4.78 is 32.7. The third-order valence-corrected chi connectivity index (χ3v) is 4.11. The van der Waals surface area contributed by atoms with Crippen molar-refractivity contribution in [1.29, 1.82) is 0 Å². The van der Waals surface area contributed by atoms with Crippen LogP contribution in [0.15, 0.2) is 59.8 Å². The molecule has 0 aliphatic carbocycles. The average molecular weight is 300 g/mol. The molecule has 0 bridgehead atoms. The predicted molar refractivity (Wildman–Crippen MR) is 81.4 cm³/mol. The Morgan fingerprint density at radius 3 is 2.57 bits per heavy atom. The summed E-state index contributed by atoms with van der Waals surface area (Å²) in [6, 6.07) is 11.9. The number of nitrogens with two attached hydrogens (primary N) is 1. The summed E-state index contributed by atoms with van der Waals surface area (Å²) in [7, 11) is -4.33. The van der Waals surface area contributed by atoms with Crippen LogP contribution in [-0.2, 0) is 10.1 Å². The van der Waals surface area contributed by atoms with Crippen molar-refractivity contribution < 1.29 is 13.0 Å². The number of benzene rings is 2. The van der Waals surface area contributed by atoms with Crippen molar-refractivity contribution in [1.82, 2.24) is 4.98 Å². The van der Waals surface area contributed by atoms with E-state index < -0.39 is 10.1 Å². The van der Waals surface area contributed by atoms with Crippen molar-refractivity contribution in [3.63, 3.8) is 0 Å². The molecule has 0 saturated heterocycles. The maximum Gasteiger partial charge on any atom is 0.295 e. The number of nitrogens with zero attached hydrogens (tertiary/aromatic N) is 1. The largest absolute Gasteiger partial charge is 0.399 e. The molecule has 6 heteroatoms. The summed E-state index contributed by atoms with van der Waals surface area (Å²) in [6.45, 7) is 0. The van der Waals surface area contributed by atoms with Gasteiger partial charge in [-0.2, -0.15) is 8.42 Å². The maximum atomic E-state index is 11.6. The lowest BCUT2D eigenvalue weighted by Crippen LogP contribution is -2.00. The SMILES string of the molecule is Nc1cccc(-c2cc(S(=O)(=O)O)c3ccncc3c2)c1. The lowest BCUT2D eigenvalue weighted by molar-refractivity contribution is 0.484. The first-order chi connectivity index (χ1) is 9.95. The Morgan fingerprint density at radius 2 is 1.86 bits per heavy atom. The van der Waals surface area contributed by atoms with Gasteiger partial charge in [-0.3, -0.25) is 9.54 Å². The van der Waals surface area contributed by atoms with Crippen molar-refractivity contribution in [2.45, 2.75) is 4.90 Å². The molecule has 0 saturated carbocycles. The molecule has 3 rings (SSSR count). The first-order valence-corrected chi connectivity index (χ1v) is 7.60. The number of hydrogen-bond donors (Lipinski definition) is 2. The zero-order valence-corrected chi connectivity index (χ0v) is 11.7. The lowest BCUT2D eigenvalue weighted by Gasteiger charge is -2.09. The Bertz CT molecular complexity index is 937. The minimum Gasteiger partial charge on any atom is -0.399 e. The fourth-order valence-electron chi connectivity index (χ4n) is 2.27. The number of nitrogen functional groups attached to an aromatic ring is 1. The van der Waals surface area contributed by atoms with E-state index in [4.69, 9.17) is 5.73 Å². The molecule has 0 spiro atoms. The van der Waals surface area contributed by atoms with Crippen LogP contribution in [0.5, 0.6) is 0 Å². The van der Waals surface area contributed by atoms with Gasteiger partial charge in [0, 0.05) is 28.9 Å². The molecule has 2 aromatic carbocycles. The van der Waals surface area contributed by atoms with E-state index in [1.807, 2.05) is 12.1 Å². The van der Waals surface area contributed by atoms with Crippen molar-refractivity contribution in [3.8, 4) is 11.1 Å². The van der Waals surface area contributed by atoms with Gasteiger partial charge in [0.2, 0.25) is 0 Å². The highest BCUT2D eigenvalue weighted by Gasteiger charge is 2.16. The van der Waals surface area contributed by atoms with Crippen molar-refractivity contribution in [2.24, 2.45) is 0 Å². The fraction of sp³-hybridized carbons (Fsp3) is 0. The second-order valence-electron chi connectivity index (χ2n) is 4.67. The standard InChI is InChI=1S/C15H12N2O3S/c16-13-3-1-2-10(7-13)11-6-12-9-17-5-4-14(12)15(8-11)21(18,19)20/h1-9H,16H2,(H,18,19,20). The summed E-state index contributed by atoms with van der Waals surface area (Å²) in [4.78, 5) is 3.85. The van der Waals surface area contributed by atoms with Gasteiger partial charge < -0.3 is 5.73 Å². The number of aromatic nitrogens is 1. The molecule has 0 atom stereocenters. The van der Waals surface area contributed by atoms with E-state index in [-0.39, 0.29) is 4.90 Å². The lowest BCUT2D eigenvalue weighted by atomic mass is 10.0. The smallest absolute Gasteiger partial charge is 0.295 e. The summed E-state index contributed by atoms with van der Waals surface area (Å²) >= 11 is 0. The van der Waals surface area contributed by atoms with Gasteiger partial charge >= 0.3 is 0 Å². The topological polar surface area (TPSA) is 93.3 Å².